The highest BCUT2D eigenvalue weighted by Gasteiger charge is 2.53. The number of nitrogens with zero attached hydrogens (tertiary/aromatic N) is 1. The maximum atomic E-state index is 14.5. The van der Waals surface area contributed by atoms with Gasteiger partial charge in [0.2, 0.25) is 0 Å². The number of ether oxygens (including phenoxy) is 2. The molecule has 0 saturated carbocycles. The van der Waals surface area contributed by atoms with E-state index in [4.69, 9.17) is 33.5 Å². The Morgan fingerprint density at radius 3 is 2.61 bits per heavy atom. The molecule has 3 N–H and O–H groups in total. The normalized spacial score (nSPS) is 24.6. The van der Waals surface area contributed by atoms with Crippen LogP contribution in [0.5, 0.6) is 5.75 Å². The number of aromatic nitrogens is 2. The summed E-state index contributed by atoms with van der Waals surface area (Å²) in [5, 5.41) is 23.6. The van der Waals surface area contributed by atoms with Gasteiger partial charge in [-0.15, -0.1) is 0 Å². The van der Waals surface area contributed by atoms with Crippen LogP contribution in [0.3, 0.4) is 0 Å². The number of benzene rings is 3. The molecule has 1 saturated heterocycles. The van der Waals surface area contributed by atoms with Gasteiger partial charge in [0.25, 0.3) is 5.56 Å². The molecule has 6 atom stereocenters. The number of fused-ring (bicyclic) bond motifs is 1. The zero-order chi connectivity index (χ0) is 33.3. The fourth-order valence-electron chi connectivity index (χ4n) is 4.79. The van der Waals surface area contributed by atoms with Crippen molar-refractivity contribution in [3.63, 3.8) is 0 Å². The Bertz CT molecular complexity index is 1880. The van der Waals surface area contributed by atoms with Gasteiger partial charge in [-0.1, -0.05) is 73.7 Å². The molecule has 13 heteroatoms. The van der Waals surface area contributed by atoms with E-state index in [0.29, 0.717) is 5.39 Å². The van der Waals surface area contributed by atoms with Crippen molar-refractivity contribution >= 4 is 36.6 Å². The summed E-state index contributed by atoms with van der Waals surface area (Å²) in [5.74, 6) is -1.69. The Hall–Kier alpha value is -3.64. The zero-order valence-corrected chi connectivity index (χ0v) is 25.6. The maximum absolute atomic E-state index is 14.5. The molecular weight excluding hydrogens is 607 g/mol. The van der Waals surface area contributed by atoms with E-state index >= 15 is 0 Å². The van der Waals surface area contributed by atoms with Crippen LogP contribution in [0.25, 0.3) is 10.8 Å². The number of carbonyl (C=O) groups excluding carboxylic acids is 1. The molecule has 1 aliphatic rings. The van der Waals surface area contributed by atoms with Crippen LogP contribution < -0.4 is 10.1 Å². The largest absolute Gasteiger partial charge is 0.461 e. The first-order chi connectivity index (χ1) is 21.7. The molecule has 5 rings (SSSR count). The van der Waals surface area contributed by atoms with Gasteiger partial charge in [0.05, 0.1) is 21.4 Å². The van der Waals surface area contributed by atoms with Gasteiger partial charge < -0.3 is 24.2 Å². The first kappa shape index (κ1) is 29.1. The molecule has 1 aromatic heterocycles. The summed E-state index contributed by atoms with van der Waals surface area (Å²) in [6.45, 7) is -0.449. The van der Waals surface area contributed by atoms with Crippen LogP contribution in [0.15, 0.2) is 89.9 Å². The topological polar surface area (TPSA) is 149 Å². The average molecular weight is 643 g/mol. The van der Waals surface area contributed by atoms with Gasteiger partial charge in [0, 0.05) is 17.6 Å². The second-order valence-corrected chi connectivity index (χ2v) is 13.0. The highest BCUT2D eigenvalue weighted by Crippen LogP contribution is 2.52. The van der Waals surface area contributed by atoms with Gasteiger partial charge >= 0.3 is 13.6 Å². The van der Waals surface area contributed by atoms with E-state index in [2.05, 4.69) is 4.98 Å². The molecule has 232 valence electrons. The van der Waals surface area contributed by atoms with E-state index in [1.165, 1.54) is 26.1 Å². The monoisotopic (exact) mass is 642 g/mol. The van der Waals surface area contributed by atoms with Crippen molar-refractivity contribution in [1.82, 2.24) is 9.55 Å². The van der Waals surface area contributed by atoms with Crippen molar-refractivity contribution in [1.29, 1.82) is 0 Å². The number of esters is 1. The predicted molar refractivity (Wildman–Crippen MR) is 165 cm³/mol. The first-order valence-electron chi connectivity index (χ1n) is 14.8. The van der Waals surface area contributed by atoms with E-state index in [1.54, 1.807) is 48.5 Å². The Balaban J connectivity index is 1.44. The lowest BCUT2D eigenvalue weighted by Gasteiger charge is -2.28. The maximum Gasteiger partial charge on any atom is 0.380 e. The van der Waals surface area contributed by atoms with E-state index in [0.717, 1.165) is 21.6 Å². The summed E-state index contributed by atoms with van der Waals surface area (Å²) in [5.41, 5.74) is -1.92. The average Bonchev–Trinajstić information content (AvgIpc) is 3.25. The van der Waals surface area contributed by atoms with Crippen molar-refractivity contribution < 1.29 is 40.8 Å². The van der Waals surface area contributed by atoms with Crippen LogP contribution in [-0.4, -0.2) is 56.3 Å². The third-order valence-corrected chi connectivity index (χ3v) is 9.35. The lowest BCUT2D eigenvalue weighted by atomic mass is 9.96. The van der Waals surface area contributed by atoms with Crippen LogP contribution in [0.1, 0.15) is 28.4 Å². The molecule has 3 aromatic carbocycles. The summed E-state index contributed by atoms with van der Waals surface area (Å²) in [6, 6.07) is 22.2. The number of hydrogen-bond donors (Lipinski definition) is 3. The number of H-pyrrole nitrogens is 1. The number of rotatable bonds is 11. The minimum Gasteiger partial charge on any atom is -0.461 e. The van der Waals surface area contributed by atoms with E-state index in [-0.39, 0.29) is 17.1 Å². The molecule has 4 aromatic rings. The standard InChI is InChI=1S/C31H33N2O9PS/c1-20(28(36)39-17-21-9-4-3-5-10-21)19-43(38,42-24-14-8-12-22-11-6-7-13-23(22)24)40-18-25-27(35)31(2,37)29(41-25)33-16-15-26(34)32-30(33)44/h3-16,20,25,27,29,35,37H,17-19H2,1-2H3,(H,32,34,44)/t20-,25-,27+,29-,31?,43-/m1/s1/i18D2. The van der Waals surface area contributed by atoms with Crippen molar-refractivity contribution in [2.24, 2.45) is 5.92 Å². The minimum absolute atomic E-state index is 0.0357. The molecule has 44 heavy (non-hydrogen) atoms. The fraction of sp³-hybridized carbons (Fsp3) is 0.323. The van der Waals surface area contributed by atoms with Gasteiger partial charge in [0.1, 0.15) is 30.2 Å². The SMILES string of the molecule is [2H]C([2H])(O[P@](=O)(C[C@@H](C)C(=O)OCc1ccccc1)Oc1cccc2ccccc12)[C@H]1O[C@@H](n2ccc(=O)[nH]c2=S)C(C)(O)[C@H]1O. The number of aromatic amines is 1. The molecule has 0 spiro atoms. The first-order valence-corrected chi connectivity index (χ1v) is 15.9. The summed E-state index contributed by atoms with van der Waals surface area (Å²) in [4.78, 5) is 27.1. The highest BCUT2D eigenvalue weighted by atomic mass is 32.1. The molecule has 0 amide bonds. The van der Waals surface area contributed by atoms with Gasteiger partial charge in [0.15, 0.2) is 11.0 Å². The van der Waals surface area contributed by atoms with Crippen LogP contribution in [0.2, 0.25) is 0 Å². The molecule has 1 unspecified atom stereocenters. The Kier molecular flexibility index (Phi) is 8.70. The highest BCUT2D eigenvalue weighted by molar-refractivity contribution is 7.71. The summed E-state index contributed by atoms with van der Waals surface area (Å²) >= 11 is 5.17. The van der Waals surface area contributed by atoms with Crippen LogP contribution in [-0.2, 0) is 30.0 Å². The third-order valence-electron chi connectivity index (χ3n) is 7.18. The van der Waals surface area contributed by atoms with Crippen molar-refractivity contribution in [3.8, 4) is 5.75 Å². The third kappa shape index (κ3) is 7.02. The summed E-state index contributed by atoms with van der Waals surface area (Å²) < 4.78 is 55.9. The lowest BCUT2D eigenvalue weighted by Crippen LogP contribution is -2.44. The molecule has 0 bridgehead atoms. The molecule has 11 nitrogen and oxygen atoms in total. The Morgan fingerprint density at radius 2 is 1.86 bits per heavy atom. The molecular formula is C31H33N2O9PS. The smallest absolute Gasteiger partial charge is 0.380 e. The molecule has 1 aliphatic heterocycles. The summed E-state index contributed by atoms with van der Waals surface area (Å²) in [6.07, 6.45) is -4.70. The van der Waals surface area contributed by atoms with E-state index < -0.39 is 61.8 Å². The van der Waals surface area contributed by atoms with E-state index in [9.17, 15) is 24.4 Å². The fourth-order valence-corrected chi connectivity index (χ4v) is 6.77. The van der Waals surface area contributed by atoms with Gasteiger partial charge in [-0.25, -0.2) is 4.57 Å². The number of aliphatic hydroxyl groups excluding tert-OH is 1. The van der Waals surface area contributed by atoms with Crippen molar-refractivity contribution in [2.45, 2.75) is 44.5 Å². The number of carbonyl (C=O) groups is 1. The number of aliphatic hydroxyl groups is 2. The quantitative estimate of drug-likeness (QED) is 0.119. The van der Waals surface area contributed by atoms with Crippen molar-refractivity contribution in [3.05, 3.63) is 106 Å². The van der Waals surface area contributed by atoms with Gasteiger partial charge in [-0.3, -0.25) is 23.7 Å². The Morgan fingerprint density at radius 1 is 1.16 bits per heavy atom. The lowest BCUT2D eigenvalue weighted by molar-refractivity contribution is -0.148. The van der Waals surface area contributed by atoms with E-state index in [1.807, 2.05) is 18.2 Å². The van der Waals surface area contributed by atoms with Gasteiger partial charge in [-0.2, -0.15) is 0 Å². The number of hydrogen-bond acceptors (Lipinski definition) is 10. The second-order valence-electron chi connectivity index (χ2n) is 10.7. The predicted octanol–water partition coefficient (Wildman–Crippen LogP) is 4.74. The summed E-state index contributed by atoms with van der Waals surface area (Å²) in [7, 11) is -4.62. The Labute approximate surface area is 261 Å². The second kappa shape index (κ2) is 13.2. The van der Waals surface area contributed by atoms with Crippen LogP contribution >= 0.6 is 19.8 Å². The molecule has 0 radical (unpaired) electrons. The molecule has 2 heterocycles. The van der Waals surface area contributed by atoms with Crippen molar-refractivity contribution in [2.75, 3.05) is 12.7 Å². The number of nitrogens with one attached hydrogen (secondary N) is 1. The zero-order valence-electron chi connectivity index (χ0n) is 25.9. The van der Waals surface area contributed by atoms with Crippen LogP contribution in [0, 0.1) is 10.7 Å². The molecule has 1 fully saturated rings. The minimum atomic E-state index is -4.62. The van der Waals surface area contributed by atoms with Crippen LogP contribution in [0.4, 0.5) is 0 Å². The van der Waals surface area contributed by atoms with Gasteiger partial charge in [-0.05, 0) is 36.2 Å². The molecule has 0 aliphatic carbocycles.